The molecule has 0 saturated heterocycles. The van der Waals surface area contributed by atoms with E-state index in [0.717, 1.165) is 19.3 Å². The van der Waals surface area contributed by atoms with Crippen molar-refractivity contribution in [2.45, 2.75) is 58.7 Å². The van der Waals surface area contributed by atoms with Crippen LogP contribution in [0.15, 0.2) is 0 Å². The summed E-state index contributed by atoms with van der Waals surface area (Å²) in [6.45, 7) is 6.28. The molecule has 0 bridgehead atoms. The molecule has 1 aliphatic rings. The van der Waals surface area contributed by atoms with Gasteiger partial charge in [0.1, 0.15) is 0 Å². The third-order valence-electron chi connectivity index (χ3n) is 4.32. The van der Waals surface area contributed by atoms with E-state index >= 15 is 0 Å². The van der Waals surface area contributed by atoms with Crippen LogP contribution < -0.4 is 0 Å². The predicted molar refractivity (Wildman–Crippen MR) is 59.5 cm³/mol. The van der Waals surface area contributed by atoms with Crippen molar-refractivity contribution in [2.24, 2.45) is 10.8 Å². The molecule has 3 unspecified atom stereocenters. The fraction of sp³-hybridized carbons (Fsp3) is 1.00. The highest BCUT2D eigenvalue weighted by atomic mass is 16.3. The predicted octanol–water partition coefficient (Wildman–Crippen LogP) is 1.31. The van der Waals surface area contributed by atoms with Gasteiger partial charge in [-0.15, -0.1) is 0 Å². The van der Waals surface area contributed by atoms with Crippen molar-refractivity contribution in [3.63, 3.8) is 0 Å². The third-order valence-corrected chi connectivity index (χ3v) is 4.32. The maximum Gasteiger partial charge on any atom is 0.0776 e. The van der Waals surface area contributed by atoms with Gasteiger partial charge in [0.15, 0.2) is 0 Å². The van der Waals surface area contributed by atoms with Gasteiger partial charge >= 0.3 is 0 Å². The van der Waals surface area contributed by atoms with Crippen LogP contribution in [-0.2, 0) is 0 Å². The van der Waals surface area contributed by atoms with E-state index in [-0.39, 0.29) is 23.5 Å². The monoisotopic (exact) mass is 216 g/mol. The van der Waals surface area contributed by atoms with Crippen LogP contribution in [0.3, 0.4) is 0 Å². The minimum absolute atomic E-state index is 0.0905. The molecule has 0 aliphatic heterocycles. The van der Waals surface area contributed by atoms with Gasteiger partial charge in [-0.3, -0.25) is 0 Å². The first-order valence-electron chi connectivity index (χ1n) is 5.78. The van der Waals surface area contributed by atoms with Crippen molar-refractivity contribution >= 4 is 0 Å². The smallest absolute Gasteiger partial charge is 0.0776 e. The molecule has 1 rings (SSSR count). The van der Waals surface area contributed by atoms with Crippen LogP contribution in [-0.4, -0.2) is 34.1 Å². The lowest BCUT2D eigenvalue weighted by molar-refractivity contribution is -0.0706. The van der Waals surface area contributed by atoms with Crippen LogP contribution in [0.25, 0.3) is 0 Å². The van der Waals surface area contributed by atoms with E-state index in [1.807, 2.05) is 0 Å². The van der Waals surface area contributed by atoms with Crippen molar-refractivity contribution in [2.75, 3.05) is 6.61 Å². The second kappa shape index (κ2) is 4.40. The molecule has 0 amide bonds. The van der Waals surface area contributed by atoms with E-state index in [1.54, 1.807) is 0 Å². The molecule has 0 aromatic rings. The third kappa shape index (κ3) is 2.71. The summed E-state index contributed by atoms with van der Waals surface area (Å²) >= 11 is 0. The summed E-state index contributed by atoms with van der Waals surface area (Å²) in [5, 5.41) is 28.2. The van der Waals surface area contributed by atoms with Gasteiger partial charge in [0.2, 0.25) is 0 Å². The maximum absolute atomic E-state index is 9.72. The Kier molecular flexibility index (Phi) is 3.80. The molecule has 1 fully saturated rings. The molecule has 90 valence electrons. The summed E-state index contributed by atoms with van der Waals surface area (Å²) in [5.74, 6) is 0. The average Bonchev–Trinajstić information content (AvgIpc) is 2.12. The SMILES string of the molecule is CC1(C)CCC(O)CC1(C)CC(O)CO. The minimum atomic E-state index is -0.667. The van der Waals surface area contributed by atoms with Crippen LogP contribution in [0.4, 0.5) is 0 Å². The lowest BCUT2D eigenvalue weighted by atomic mass is 9.56. The van der Waals surface area contributed by atoms with E-state index in [2.05, 4.69) is 20.8 Å². The molecule has 3 N–H and O–H groups in total. The minimum Gasteiger partial charge on any atom is -0.394 e. The fourth-order valence-electron chi connectivity index (χ4n) is 2.67. The normalized spacial score (nSPS) is 37.6. The van der Waals surface area contributed by atoms with Crippen LogP contribution in [0.2, 0.25) is 0 Å². The van der Waals surface area contributed by atoms with Crippen molar-refractivity contribution < 1.29 is 15.3 Å². The fourth-order valence-corrected chi connectivity index (χ4v) is 2.67. The summed E-state index contributed by atoms with van der Waals surface area (Å²) in [4.78, 5) is 0. The Bertz CT molecular complexity index is 215. The average molecular weight is 216 g/mol. The molecule has 1 saturated carbocycles. The summed E-state index contributed by atoms with van der Waals surface area (Å²) in [5.41, 5.74) is 0.0230. The van der Waals surface area contributed by atoms with Gasteiger partial charge in [0, 0.05) is 0 Å². The van der Waals surface area contributed by atoms with Gasteiger partial charge in [-0.1, -0.05) is 20.8 Å². The summed E-state index contributed by atoms with van der Waals surface area (Å²) < 4.78 is 0. The molecule has 3 heteroatoms. The van der Waals surface area contributed by atoms with Gasteiger partial charge in [-0.25, -0.2) is 0 Å². The van der Waals surface area contributed by atoms with Gasteiger partial charge in [-0.05, 0) is 36.5 Å². The Hall–Kier alpha value is -0.120. The molecule has 3 atom stereocenters. The zero-order valence-electron chi connectivity index (χ0n) is 10.0. The molecule has 0 heterocycles. The largest absolute Gasteiger partial charge is 0.394 e. The highest BCUT2D eigenvalue weighted by molar-refractivity contribution is 4.96. The molecule has 0 aromatic heterocycles. The maximum atomic E-state index is 9.72. The van der Waals surface area contributed by atoms with Crippen LogP contribution in [0.1, 0.15) is 46.5 Å². The van der Waals surface area contributed by atoms with Crippen molar-refractivity contribution in [3.05, 3.63) is 0 Å². The quantitative estimate of drug-likeness (QED) is 0.666. The van der Waals surface area contributed by atoms with Crippen LogP contribution in [0, 0.1) is 10.8 Å². The van der Waals surface area contributed by atoms with E-state index in [4.69, 9.17) is 5.11 Å². The first-order valence-corrected chi connectivity index (χ1v) is 5.78. The molecular weight excluding hydrogens is 192 g/mol. The number of hydrogen-bond donors (Lipinski definition) is 3. The Morgan fingerprint density at radius 2 is 1.93 bits per heavy atom. The molecular formula is C12H24O3. The topological polar surface area (TPSA) is 60.7 Å². The summed E-state index contributed by atoms with van der Waals surface area (Å²) in [6, 6.07) is 0. The van der Waals surface area contributed by atoms with Crippen molar-refractivity contribution in [1.82, 2.24) is 0 Å². The lowest BCUT2D eigenvalue weighted by Gasteiger charge is -2.50. The highest BCUT2D eigenvalue weighted by Crippen LogP contribution is 2.52. The standard InChI is InChI=1S/C12H24O3/c1-11(2)5-4-9(14)6-12(11,3)7-10(15)8-13/h9-10,13-15H,4-8H2,1-3H3. The number of aliphatic hydroxyl groups excluding tert-OH is 3. The van der Waals surface area contributed by atoms with Gasteiger partial charge in [-0.2, -0.15) is 0 Å². The molecule has 15 heavy (non-hydrogen) atoms. The Labute approximate surface area is 92.1 Å². The van der Waals surface area contributed by atoms with Gasteiger partial charge < -0.3 is 15.3 Å². The van der Waals surface area contributed by atoms with Crippen LogP contribution >= 0.6 is 0 Å². The zero-order chi connectivity index (χ0) is 11.7. The number of rotatable bonds is 3. The van der Waals surface area contributed by atoms with Gasteiger partial charge in [0.25, 0.3) is 0 Å². The van der Waals surface area contributed by atoms with E-state index < -0.39 is 6.10 Å². The van der Waals surface area contributed by atoms with Crippen molar-refractivity contribution in [1.29, 1.82) is 0 Å². The van der Waals surface area contributed by atoms with E-state index in [9.17, 15) is 10.2 Å². The molecule has 0 aromatic carbocycles. The second-order valence-electron chi connectivity index (χ2n) is 5.88. The van der Waals surface area contributed by atoms with E-state index in [0.29, 0.717) is 6.42 Å². The first-order chi connectivity index (χ1) is 6.81. The van der Waals surface area contributed by atoms with Crippen molar-refractivity contribution in [3.8, 4) is 0 Å². The molecule has 0 spiro atoms. The lowest BCUT2D eigenvalue weighted by Crippen LogP contribution is -2.45. The van der Waals surface area contributed by atoms with Crippen LogP contribution in [0.5, 0.6) is 0 Å². The Morgan fingerprint density at radius 1 is 1.33 bits per heavy atom. The molecule has 1 aliphatic carbocycles. The first kappa shape index (κ1) is 12.9. The van der Waals surface area contributed by atoms with Gasteiger partial charge in [0.05, 0.1) is 18.8 Å². The number of aliphatic hydroxyl groups is 3. The summed E-state index contributed by atoms with van der Waals surface area (Å²) in [6.07, 6.45) is 2.18. The number of hydrogen-bond acceptors (Lipinski definition) is 3. The molecule has 0 radical (unpaired) electrons. The highest BCUT2D eigenvalue weighted by Gasteiger charge is 2.46. The summed E-state index contributed by atoms with van der Waals surface area (Å²) in [7, 11) is 0. The Balaban J connectivity index is 2.76. The Morgan fingerprint density at radius 3 is 2.47 bits per heavy atom. The zero-order valence-corrected chi connectivity index (χ0v) is 10.0. The molecule has 3 nitrogen and oxygen atoms in total. The second-order valence-corrected chi connectivity index (χ2v) is 5.88. The van der Waals surface area contributed by atoms with E-state index in [1.165, 1.54) is 0 Å².